The van der Waals surface area contributed by atoms with E-state index in [1.54, 1.807) is 4.90 Å². The monoisotopic (exact) mass is 360 g/mol. The zero-order chi connectivity index (χ0) is 18.7. The van der Waals surface area contributed by atoms with Gasteiger partial charge < -0.3 is 14.5 Å². The van der Waals surface area contributed by atoms with Gasteiger partial charge in [-0.2, -0.15) is 8.78 Å². The lowest BCUT2D eigenvalue weighted by atomic mass is 10.1. The molecule has 1 heterocycles. The van der Waals surface area contributed by atoms with E-state index >= 15 is 0 Å². The van der Waals surface area contributed by atoms with E-state index in [0.717, 1.165) is 13.1 Å². The number of carbonyl (C=O) groups excluding carboxylic acids is 1. The Balaban J connectivity index is 1.62. The predicted octanol–water partition coefficient (Wildman–Crippen LogP) is 3.87. The highest BCUT2D eigenvalue weighted by molar-refractivity contribution is 5.94. The van der Waals surface area contributed by atoms with Crippen LogP contribution in [0.5, 0.6) is 5.75 Å². The average molecular weight is 360 g/mol. The first kappa shape index (κ1) is 18.2. The maximum atomic E-state index is 12.6. The van der Waals surface area contributed by atoms with Gasteiger partial charge in [0.25, 0.3) is 5.91 Å². The van der Waals surface area contributed by atoms with E-state index in [1.807, 2.05) is 0 Å². The Kier molecular flexibility index (Phi) is 5.40. The Labute approximate surface area is 152 Å². The van der Waals surface area contributed by atoms with Crippen LogP contribution >= 0.6 is 0 Å². The van der Waals surface area contributed by atoms with Crippen LogP contribution in [0, 0.1) is 13.8 Å². The highest BCUT2D eigenvalue weighted by Gasteiger charge is 2.23. The largest absolute Gasteiger partial charge is 0.435 e. The smallest absolute Gasteiger partial charge is 0.387 e. The van der Waals surface area contributed by atoms with Crippen LogP contribution < -0.4 is 9.64 Å². The summed E-state index contributed by atoms with van der Waals surface area (Å²) in [5.41, 5.74) is 4.21. The summed E-state index contributed by atoms with van der Waals surface area (Å²) < 4.78 is 28.7. The molecule has 0 bridgehead atoms. The molecule has 1 amide bonds. The van der Waals surface area contributed by atoms with Crippen LogP contribution in [0.15, 0.2) is 42.5 Å². The van der Waals surface area contributed by atoms with Crippen molar-refractivity contribution in [1.82, 2.24) is 4.90 Å². The maximum Gasteiger partial charge on any atom is 0.387 e. The van der Waals surface area contributed by atoms with Crippen LogP contribution in [0.3, 0.4) is 0 Å². The molecule has 0 saturated carbocycles. The molecule has 0 atom stereocenters. The molecule has 1 aliphatic heterocycles. The summed E-state index contributed by atoms with van der Waals surface area (Å²) in [4.78, 5) is 16.7. The molecular formula is C20H22F2N2O2. The second-order valence-corrected chi connectivity index (χ2v) is 6.40. The van der Waals surface area contributed by atoms with Crippen LogP contribution in [-0.4, -0.2) is 43.6 Å². The number of hydrogen-bond donors (Lipinski definition) is 0. The molecular weight excluding hydrogens is 338 g/mol. The zero-order valence-electron chi connectivity index (χ0n) is 14.9. The third kappa shape index (κ3) is 3.95. The number of benzene rings is 2. The molecule has 2 aromatic rings. The van der Waals surface area contributed by atoms with E-state index in [4.69, 9.17) is 0 Å². The molecule has 1 saturated heterocycles. The number of piperazine rings is 1. The fraction of sp³-hybridized carbons (Fsp3) is 0.350. The first-order chi connectivity index (χ1) is 12.5. The average Bonchev–Trinajstić information content (AvgIpc) is 2.64. The molecule has 0 aliphatic carbocycles. The summed E-state index contributed by atoms with van der Waals surface area (Å²) in [7, 11) is 0. The lowest BCUT2D eigenvalue weighted by molar-refractivity contribution is -0.0498. The molecule has 0 radical (unpaired) electrons. The van der Waals surface area contributed by atoms with Gasteiger partial charge in [0.15, 0.2) is 0 Å². The van der Waals surface area contributed by atoms with E-state index in [0.29, 0.717) is 18.7 Å². The molecule has 3 rings (SSSR count). The molecule has 4 nitrogen and oxygen atoms in total. The molecule has 0 N–H and O–H groups in total. The van der Waals surface area contributed by atoms with E-state index < -0.39 is 6.61 Å². The molecule has 0 spiro atoms. The summed E-state index contributed by atoms with van der Waals surface area (Å²) in [6.45, 7) is 4.13. The zero-order valence-corrected chi connectivity index (χ0v) is 14.9. The van der Waals surface area contributed by atoms with Crippen LogP contribution in [0.2, 0.25) is 0 Å². The van der Waals surface area contributed by atoms with Crippen molar-refractivity contribution in [3.05, 3.63) is 59.2 Å². The van der Waals surface area contributed by atoms with Gasteiger partial charge in [-0.05, 0) is 55.3 Å². The number of ether oxygens (including phenoxy) is 1. The van der Waals surface area contributed by atoms with Crippen molar-refractivity contribution in [2.45, 2.75) is 20.5 Å². The van der Waals surface area contributed by atoms with Crippen molar-refractivity contribution in [1.29, 1.82) is 0 Å². The Morgan fingerprint density at radius 1 is 1.00 bits per heavy atom. The Hall–Kier alpha value is -2.63. The fourth-order valence-corrected chi connectivity index (χ4v) is 3.19. The summed E-state index contributed by atoms with van der Waals surface area (Å²) in [6.07, 6.45) is 0. The highest BCUT2D eigenvalue weighted by Crippen LogP contribution is 2.24. The minimum Gasteiger partial charge on any atom is -0.435 e. The number of carbonyl (C=O) groups is 1. The van der Waals surface area contributed by atoms with Crippen LogP contribution in [-0.2, 0) is 0 Å². The number of amides is 1. The second-order valence-electron chi connectivity index (χ2n) is 6.40. The number of aryl methyl sites for hydroxylation is 1. The van der Waals surface area contributed by atoms with Crippen molar-refractivity contribution in [3.63, 3.8) is 0 Å². The number of nitrogens with zero attached hydrogens (tertiary/aromatic N) is 2. The van der Waals surface area contributed by atoms with Crippen molar-refractivity contribution < 1.29 is 18.3 Å². The third-order valence-corrected chi connectivity index (χ3v) is 4.81. The summed E-state index contributed by atoms with van der Waals surface area (Å²) in [5, 5.41) is 0. The first-order valence-electron chi connectivity index (χ1n) is 8.61. The van der Waals surface area contributed by atoms with Gasteiger partial charge in [0.1, 0.15) is 5.75 Å². The quantitative estimate of drug-likeness (QED) is 0.830. The number of rotatable bonds is 4. The molecule has 0 aromatic heterocycles. The lowest BCUT2D eigenvalue weighted by Crippen LogP contribution is -2.49. The molecule has 0 unspecified atom stereocenters. The van der Waals surface area contributed by atoms with Crippen molar-refractivity contribution in [2.24, 2.45) is 0 Å². The minimum atomic E-state index is -2.87. The lowest BCUT2D eigenvalue weighted by Gasteiger charge is -2.37. The molecule has 1 fully saturated rings. The Bertz CT molecular complexity index is 770. The molecule has 6 heteroatoms. The summed E-state index contributed by atoms with van der Waals surface area (Å²) >= 11 is 0. The summed E-state index contributed by atoms with van der Waals surface area (Å²) in [6, 6.07) is 12.1. The van der Waals surface area contributed by atoms with Gasteiger partial charge in [-0.15, -0.1) is 0 Å². The fourth-order valence-electron chi connectivity index (χ4n) is 3.19. The van der Waals surface area contributed by atoms with E-state index in [2.05, 4.69) is 41.7 Å². The van der Waals surface area contributed by atoms with Crippen molar-refractivity contribution in [2.75, 3.05) is 31.1 Å². The maximum absolute atomic E-state index is 12.6. The number of hydrogen-bond acceptors (Lipinski definition) is 3. The van der Waals surface area contributed by atoms with E-state index in [9.17, 15) is 13.6 Å². The SMILES string of the molecule is Cc1cccc(N2CCN(C(=O)c3ccc(OC(F)F)cc3)CC2)c1C. The van der Waals surface area contributed by atoms with Gasteiger partial charge >= 0.3 is 6.61 Å². The Morgan fingerprint density at radius 2 is 1.65 bits per heavy atom. The van der Waals surface area contributed by atoms with Gasteiger partial charge in [-0.25, -0.2) is 0 Å². The number of halogens is 2. The van der Waals surface area contributed by atoms with Gasteiger partial charge in [-0.1, -0.05) is 12.1 Å². The second kappa shape index (κ2) is 7.72. The van der Waals surface area contributed by atoms with Gasteiger partial charge in [0.2, 0.25) is 0 Å². The Morgan fingerprint density at radius 3 is 2.27 bits per heavy atom. The van der Waals surface area contributed by atoms with Gasteiger partial charge in [-0.3, -0.25) is 4.79 Å². The van der Waals surface area contributed by atoms with E-state index in [1.165, 1.54) is 41.1 Å². The minimum absolute atomic E-state index is 0.0521. The van der Waals surface area contributed by atoms with Crippen molar-refractivity contribution >= 4 is 11.6 Å². The molecule has 26 heavy (non-hydrogen) atoms. The predicted molar refractivity (Wildman–Crippen MR) is 97.1 cm³/mol. The topological polar surface area (TPSA) is 32.8 Å². The summed E-state index contributed by atoms with van der Waals surface area (Å²) in [5.74, 6) is -0.0366. The molecule has 1 aliphatic rings. The normalized spacial score (nSPS) is 14.7. The van der Waals surface area contributed by atoms with E-state index in [-0.39, 0.29) is 11.7 Å². The first-order valence-corrected chi connectivity index (χ1v) is 8.61. The highest BCUT2D eigenvalue weighted by atomic mass is 19.3. The number of alkyl halides is 2. The standard InChI is InChI=1S/C20H22F2N2O2/c1-14-4-3-5-18(15(14)2)23-10-12-24(13-11-23)19(25)16-6-8-17(9-7-16)26-20(21)22/h3-9,20H,10-13H2,1-2H3. The van der Waals surface area contributed by atoms with Gasteiger partial charge in [0, 0.05) is 37.4 Å². The molecule has 138 valence electrons. The number of anilines is 1. The van der Waals surface area contributed by atoms with Crippen LogP contribution in [0.4, 0.5) is 14.5 Å². The van der Waals surface area contributed by atoms with Gasteiger partial charge in [0.05, 0.1) is 0 Å². The molecule has 2 aromatic carbocycles. The van der Waals surface area contributed by atoms with Crippen LogP contribution in [0.25, 0.3) is 0 Å². The van der Waals surface area contributed by atoms with Crippen LogP contribution in [0.1, 0.15) is 21.5 Å². The third-order valence-electron chi connectivity index (χ3n) is 4.81. The van der Waals surface area contributed by atoms with Crippen molar-refractivity contribution in [3.8, 4) is 5.75 Å².